The van der Waals surface area contributed by atoms with Crippen molar-refractivity contribution in [2.24, 2.45) is 0 Å². The van der Waals surface area contributed by atoms with Crippen LogP contribution in [0.25, 0.3) is 67.0 Å². The predicted octanol–water partition coefficient (Wildman–Crippen LogP) is 8.14. The summed E-state index contributed by atoms with van der Waals surface area (Å²) in [5.41, 5.74) is 4.25. The van der Waals surface area contributed by atoms with E-state index in [2.05, 4.69) is 33.6 Å². The van der Waals surface area contributed by atoms with Crippen LogP contribution in [0.3, 0.4) is 0 Å². The first-order valence-electron chi connectivity index (χ1n) is 17.4. The average molecular weight is 749 g/mol. The summed E-state index contributed by atoms with van der Waals surface area (Å²) in [6.07, 6.45) is 0. The molecule has 0 unspecified atom stereocenters. The van der Waals surface area contributed by atoms with Gasteiger partial charge in [-0.2, -0.15) is 8.42 Å². The van der Waals surface area contributed by atoms with Crippen molar-refractivity contribution in [1.82, 2.24) is 9.97 Å². The maximum absolute atomic E-state index is 12.5. The van der Waals surface area contributed by atoms with E-state index in [0.29, 0.717) is 38.7 Å². The van der Waals surface area contributed by atoms with Crippen LogP contribution in [0, 0.1) is 0 Å². The minimum absolute atomic E-state index is 0.0101. The van der Waals surface area contributed by atoms with Gasteiger partial charge in [-0.05, 0) is 88.4 Å². The lowest BCUT2D eigenvalue weighted by atomic mass is 10.1. The number of oxazole rings is 2. The van der Waals surface area contributed by atoms with Crippen molar-refractivity contribution in [3.8, 4) is 22.9 Å². The van der Waals surface area contributed by atoms with Crippen LogP contribution < -0.4 is 21.1 Å². The molecule has 0 aliphatic rings. The van der Waals surface area contributed by atoms with Gasteiger partial charge >= 0.3 is 11.3 Å². The van der Waals surface area contributed by atoms with Crippen LogP contribution in [0.2, 0.25) is 0 Å². The monoisotopic (exact) mass is 748 g/mol. The summed E-state index contributed by atoms with van der Waals surface area (Å²) >= 11 is 0. The van der Waals surface area contributed by atoms with Crippen molar-refractivity contribution >= 4 is 65.6 Å². The van der Waals surface area contributed by atoms with Crippen LogP contribution in [-0.2, 0) is 10.1 Å². The second kappa shape index (κ2) is 14.6. The Labute approximate surface area is 308 Å². The summed E-state index contributed by atoms with van der Waals surface area (Å²) < 4.78 is 54.1. The van der Waals surface area contributed by atoms with Gasteiger partial charge in [-0.1, -0.05) is 12.1 Å². The van der Waals surface area contributed by atoms with Gasteiger partial charge in [-0.25, -0.2) is 19.6 Å². The first kappa shape index (κ1) is 36.1. The summed E-state index contributed by atoms with van der Waals surface area (Å²) in [7, 11) is -4.37. The smallest absolute Gasteiger partial charge is 0.349 e. The number of aromatic nitrogens is 2. The van der Waals surface area contributed by atoms with E-state index in [4.69, 9.17) is 17.7 Å². The Morgan fingerprint density at radius 3 is 1.52 bits per heavy atom. The Morgan fingerprint density at radius 2 is 1.04 bits per heavy atom. The summed E-state index contributed by atoms with van der Waals surface area (Å²) in [5, 5.41) is 1.55. The van der Waals surface area contributed by atoms with Gasteiger partial charge in [-0.3, -0.25) is 4.55 Å². The number of hydrogen-bond acceptors (Lipinski definition) is 12. The average Bonchev–Trinajstić information content (AvgIpc) is 3.79. The molecule has 0 spiro atoms. The molecule has 0 aliphatic heterocycles. The van der Waals surface area contributed by atoms with Gasteiger partial charge in [0.25, 0.3) is 10.1 Å². The maximum Gasteiger partial charge on any atom is 0.349 e. The van der Waals surface area contributed by atoms with Gasteiger partial charge in [0.05, 0.1) is 4.90 Å². The van der Waals surface area contributed by atoms with Gasteiger partial charge in [0.2, 0.25) is 11.8 Å². The molecule has 0 bridgehead atoms. The van der Waals surface area contributed by atoms with Crippen LogP contribution in [0.1, 0.15) is 27.7 Å². The molecular weight excluding hydrogens is 713 g/mol. The summed E-state index contributed by atoms with van der Waals surface area (Å²) in [4.78, 5) is 37.6. The lowest BCUT2D eigenvalue weighted by molar-refractivity contribution is 0.483. The third-order valence-electron chi connectivity index (χ3n) is 9.11. The third-order valence-corrected chi connectivity index (χ3v) is 9.96. The molecule has 14 heteroatoms. The number of rotatable bonds is 9. The highest BCUT2D eigenvalue weighted by Crippen LogP contribution is 2.29. The van der Waals surface area contributed by atoms with Gasteiger partial charge in [0.1, 0.15) is 33.3 Å². The molecule has 0 aliphatic carbocycles. The van der Waals surface area contributed by atoms with Crippen molar-refractivity contribution < 1.29 is 30.6 Å². The standard InChI is InChI=1S/C20H18N2O6S.C20H18N2O3/c1-3-22(4-2)13-6-5-12-9-15(20(23)28-17(12)10-13)19-21-16-8-7-14(29(24,25)26)11-18(16)27-19;1-3-22(4-2)14-10-9-13-11-15(20(23)25-18(13)12-14)19-21-16-7-5-6-8-17(16)24-19/h5-11H,3-4H2,1-2H3,(H,24,25,26);5-12H,3-4H2,1-2H3. The van der Waals surface area contributed by atoms with E-state index in [1.54, 1.807) is 12.1 Å². The Balaban J connectivity index is 0.000000168. The van der Waals surface area contributed by atoms with Crippen LogP contribution in [-0.4, -0.2) is 49.1 Å². The van der Waals surface area contributed by atoms with Gasteiger partial charge in [0.15, 0.2) is 11.2 Å². The van der Waals surface area contributed by atoms with E-state index in [1.807, 2.05) is 74.5 Å². The molecule has 0 radical (unpaired) electrons. The Morgan fingerprint density at radius 1 is 0.556 bits per heavy atom. The molecule has 4 aromatic heterocycles. The van der Waals surface area contributed by atoms with Crippen molar-refractivity contribution in [2.45, 2.75) is 32.6 Å². The Bertz CT molecular complexity index is 2850. The molecule has 0 saturated heterocycles. The van der Waals surface area contributed by atoms with E-state index in [9.17, 15) is 22.6 Å². The summed E-state index contributed by atoms with van der Waals surface area (Å²) in [6.45, 7) is 11.7. The zero-order chi connectivity index (χ0) is 38.1. The van der Waals surface area contributed by atoms with E-state index < -0.39 is 21.4 Å². The lowest BCUT2D eigenvalue weighted by Crippen LogP contribution is -2.21. The van der Waals surface area contributed by atoms with Crippen molar-refractivity contribution in [3.05, 3.63) is 112 Å². The number of fused-ring (bicyclic) bond motifs is 4. The summed E-state index contributed by atoms with van der Waals surface area (Å²) in [6, 6.07) is 26.1. The summed E-state index contributed by atoms with van der Waals surface area (Å²) in [5.74, 6) is 0.292. The molecule has 0 saturated carbocycles. The number of benzene rings is 4. The second-order valence-corrected chi connectivity index (χ2v) is 13.7. The molecule has 4 heterocycles. The highest BCUT2D eigenvalue weighted by molar-refractivity contribution is 7.85. The SMILES string of the molecule is CCN(CC)c1ccc2cc(-c3nc4ccc(S(=O)(=O)O)cc4o3)c(=O)oc2c1.CCN(CC)c1ccc2cc(-c3nc4ccccc4o3)c(=O)oc2c1. The highest BCUT2D eigenvalue weighted by atomic mass is 32.2. The molecule has 1 N–H and O–H groups in total. The van der Waals surface area contributed by atoms with Crippen LogP contribution in [0.15, 0.2) is 123 Å². The molecule has 0 fully saturated rings. The molecule has 13 nitrogen and oxygen atoms in total. The molecule has 8 aromatic rings. The quantitative estimate of drug-likeness (QED) is 0.111. The maximum atomic E-state index is 12.5. The van der Waals surface area contributed by atoms with Gasteiger partial charge < -0.3 is 27.5 Å². The van der Waals surface area contributed by atoms with E-state index in [-0.39, 0.29) is 27.8 Å². The fraction of sp³-hybridized carbons (Fsp3) is 0.200. The largest absolute Gasteiger partial charge is 0.436 e. The minimum Gasteiger partial charge on any atom is -0.436 e. The first-order valence-corrected chi connectivity index (χ1v) is 18.8. The molecule has 276 valence electrons. The molecule has 0 atom stereocenters. The van der Waals surface area contributed by atoms with E-state index in [1.165, 1.54) is 12.1 Å². The van der Waals surface area contributed by atoms with Crippen LogP contribution >= 0.6 is 0 Å². The zero-order valence-corrected chi connectivity index (χ0v) is 30.7. The first-order chi connectivity index (χ1) is 26.0. The lowest BCUT2D eigenvalue weighted by Gasteiger charge is -2.20. The fourth-order valence-electron chi connectivity index (χ4n) is 6.24. The number of para-hydroxylation sites is 2. The molecule has 0 amide bonds. The van der Waals surface area contributed by atoms with Crippen LogP contribution in [0.4, 0.5) is 11.4 Å². The van der Waals surface area contributed by atoms with Crippen LogP contribution in [0.5, 0.6) is 0 Å². The number of hydrogen-bond donors (Lipinski definition) is 1. The fourth-order valence-corrected chi connectivity index (χ4v) is 6.73. The normalized spacial score (nSPS) is 11.6. The van der Waals surface area contributed by atoms with E-state index >= 15 is 0 Å². The topological polar surface area (TPSA) is 173 Å². The van der Waals surface area contributed by atoms with Gasteiger partial charge in [-0.15, -0.1) is 0 Å². The van der Waals surface area contributed by atoms with Crippen molar-refractivity contribution in [2.75, 3.05) is 36.0 Å². The highest BCUT2D eigenvalue weighted by Gasteiger charge is 2.19. The number of anilines is 2. The molecule has 4 aromatic carbocycles. The molecule has 54 heavy (non-hydrogen) atoms. The molecular formula is C40H36N4O9S. The van der Waals surface area contributed by atoms with Crippen molar-refractivity contribution in [3.63, 3.8) is 0 Å². The van der Waals surface area contributed by atoms with Crippen molar-refractivity contribution in [1.29, 1.82) is 0 Å². The van der Waals surface area contributed by atoms with Gasteiger partial charge in [0, 0.05) is 66.5 Å². The minimum atomic E-state index is -4.37. The zero-order valence-electron chi connectivity index (χ0n) is 29.9. The Hall–Kier alpha value is -6.25. The number of nitrogens with zero attached hydrogens (tertiary/aromatic N) is 4. The van der Waals surface area contributed by atoms with E-state index in [0.717, 1.165) is 49.0 Å². The Kier molecular flexibility index (Phi) is 9.79. The third kappa shape index (κ3) is 7.08. The second-order valence-electron chi connectivity index (χ2n) is 12.3. The molecule has 8 rings (SSSR count). The predicted molar refractivity (Wildman–Crippen MR) is 208 cm³/mol.